The van der Waals surface area contributed by atoms with Crippen LogP contribution in [0.15, 0.2) is 34.8 Å². The van der Waals surface area contributed by atoms with Crippen molar-refractivity contribution in [3.05, 3.63) is 51.5 Å². The molecule has 1 aromatic carbocycles. The van der Waals surface area contributed by atoms with Crippen LogP contribution in [0.1, 0.15) is 47.7 Å². The molecular formula is C24H30N2O6. The predicted molar refractivity (Wildman–Crippen MR) is 117 cm³/mol. The van der Waals surface area contributed by atoms with Gasteiger partial charge in [-0.3, -0.25) is 9.59 Å². The third-order valence-electron chi connectivity index (χ3n) is 7.32. The van der Waals surface area contributed by atoms with Gasteiger partial charge in [-0.1, -0.05) is 6.07 Å². The van der Waals surface area contributed by atoms with Crippen LogP contribution < -0.4 is 11.1 Å². The summed E-state index contributed by atoms with van der Waals surface area (Å²) in [5.41, 5.74) is 5.31. The number of nitrogens with one attached hydrogen (secondary N) is 1. The maximum Gasteiger partial charge on any atom is 0.250 e. The van der Waals surface area contributed by atoms with Gasteiger partial charge in [-0.15, -0.1) is 0 Å². The van der Waals surface area contributed by atoms with Crippen LogP contribution in [0.3, 0.4) is 0 Å². The first-order chi connectivity index (χ1) is 15.1. The number of hydrogen-bond acceptors (Lipinski definition) is 7. The molecule has 3 aliphatic carbocycles. The van der Waals surface area contributed by atoms with Gasteiger partial charge in [0.15, 0.2) is 5.78 Å². The summed E-state index contributed by atoms with van der Waals surface area (Å²) in [5, 5.41) is 46.4. The van der Waals surface area contributed by atoms with E-state index in [-0.39, 0.29) is 52.2 Å². The zero-order valence-electron chi connectivity index (χ0n) is 18.3. The lowest BCUT2D eigenvalue weighted by atomic mass is 9.58. The molecule has 4 rings (SSSR count). The van der Waals surface area contributed by atoms with Crippen molar-refractivity contribution in [3.63, 3.8) is 0 Å². The number of Topliss-reactive ketones (excluding diaryl/α,β-unsaturated/α-hetero) is 1. The highest BCUT2D eigenvalue weighted by atomic mass is 16.3. The molecule has 4 unspecified atom stereocenters. The summed E-state index contributed by atoms with van der Waals surface area (Å²) < 4.78 is 0. The molecule has 0 fully saturated rings. The van der Waals surface area contributed by atoms with Crippen LogP contribution in [0.25, 0.3) is 0 Å². The molecule has 0 spiro atoms. The third kappa shape index (κ3) is 3.29. The van der Waals surface area contributed by atoms with Crippen LogP contribution in [0.5, 0.6) is 5.75 Å². The maximum atomic E-state index is 13.5. The van der Waals surface area contributed by atoms with Crippen LogP contribution in [-0.2, 0) is 17.6 Å². The number of aliphatic hydroxyl groups excluding tert-OH is 2. The van der Waals surface area contributed by atoms with E-state index in [1.165, 1.54) is 13.0 Å². The molecule has 3 aliphatic rings. The highest BCUT2D eigenvalue weighted by Crippen LogP contribution is 2.53. The zero-order chi connectivity index (χ0) is 23.4. The number of hydrogen-bond donors (Lipinski definition) is 6. The number of phenols is 1. The zero-order valence-corrected chi connectivity index (χ0v) is 18.3. The van der Waals surface area contributed by atoms with Crippen molar-refractivity contribution in [1.29, 1.82) is 0 Å². The van der Waals surface area contributed by atoms with Crippen molar-refractivity contribution in [1.82, 2.24) is 5.32 Å². The van der Waals surface area contributed by atoms with Crippen LogP contribution >= 0.6 is 0 Å². The van der Waals surface area contributed by atoms with E-state index in [1.807, 2.05) is 13.1 Å². The molecule has 0 saturated heterocycles. The molecule has 1 aromatic rings. The minimum Gasteiger partial charge on any atom is -0.512 e. The maximum absolute atomic E-state index is 13.5. The molecule has 8 nitrogen and oxygen atoms in total. The fourth-order valence-electron chi connectivity index (χ4n) is 6.06. The van der Waals surface area contributed by atoms with Gasteiger partial charge in [0.2, 0.25) is 0 Å². The minimum absolute atomic E-state index is 0.0864. The van der Waals surface area contributed by atoms with Gasteiger partial charge < -0.3 is 31.5 Å². The van der Waals surface area contributed by atoms with Gasteiger partial charge in [0.05, 0.1) is 17.1 Å². The topological polar surface area (TPSA) is 153 Å². The molecule has 172 valence electrons. The Labute approximate surface area is 186 Å². The summed E-state index contributed by atoms with van der Waals surface area (Å²) in [6.07, 6.45) is 2.64. The number of aromatic hydroxyl groups is 1. The Balaban J connectivity index is 1.80. The number of carbonyl (C=O) groups is 2. The minimum atomic E-state index is -1.92. The lowest BCUT2D eigenvalue weighted by Gasteiger charge is -2.48. The Morgan fingerprint density at radius 3 is 2.62 bits per heavy atom. The molecular weight excluding hydrogens is 412 g/mol. The number of primary amides is 1. The number of aliphatic hydroxyl groups is 3. The van der Waals surface area contributed by atoms with Crippen molar-refractivity contribution >= 4 is 11.7 Å². The van der Waals surface area contributed by atoms with Crippen molar-refractivity contribution in [3.8, 4) is 5.75 Å². The lowest BCUT2D eigenvalue weighted by Crippen LogP contribution is -2.52. The van der Waals surface area contributed by atoms with Crippen LogP contribution in [-0.4, -0.2) is 51.3 Å². The second-order valence-corrected chi connectivity index (χ2v) is 9.34. The third-order valence-corrected chi connectivity index (χ3v) is 7.32. The Bertz CT molecular complexity index is 1050. The molecule has 4 atom stereocenters. The van der Waals surface area contributed by atoms with E-state index < -0.39 is 23.2 Å². The highest BCUT2D eigenvalue weighted by Gasteiger charge is 2.55. The standard InChI is InChI=1S/C24H30N2O6/c1-24(32)19-13(10-16(28)20(24)23(25)31)8-12-9-14-11(4-3-7-26-2)5-6-15(27)18(14)21(29)17(12)22(19)30/h5-6,12-13,19,26-28,30,32H,3-4,7-10H2,1-2H3,(H2,25,31). The summed E-state index contributed by atoms with van der Waals surface area (Å²) in [4.78, 5) is 25.4. The number of benzene rings is 1. The first-order valence-electron chi connectivity index (χ1n) is 11.0. The fraction of sp³-hybridized carbons (Fsp3) is 0.500. The number of ketones is 1. The van der Waals surface area contributed by atoms with E-state index in [9.17, 15) is 30.0 Å². The monoisotopic (exact) mass is 442 g/mol. The van der Waals surface area contributed by atoms with E-state index in [0.29, 0.717) is 12.8 Å². The molecule has 0 aliphatic heterocycles. The van der Waals surface area contributed by atoms with E-state index in [1.54, 1.807) is 0 Å². The van der Waals surface area contributed by atoms with Gasteiger partial charge in [-0.05, 0) is 75.2 Å². The number of rotatable bonds is 5. The van der Waals surface area contributed by atoms with Gasteiger partial charge in [0.25, 0.3) is 5.91 Å². The van der Waals surface area contributed by atoms with Crippen molar-refractivity contribution < 1.29 is 30.0 Å². The van der Waals surface area contributed by atoms with E-state index in [2.05, 4.69) is 5.32 Å². The van der Waals surface area contributed by atoms with Crippen LogP contribution in [0, 0.1) is 17.8 Å². The first kappa shape index (κ1) is 22.4. The Kier molecular flexibility index (Phi) is 5.55. The molecule has 0 saturated carbocycles. The average Bonchev–Trinajstić information content (AvgIpc) is 2.68. The second kappa shape index (κ2) is 7.94. The molecule has 0 heterocycles. The lowest BCUT2D eigenvalue weighted by molar-refractivity contribution is -0.119. The summed E-state index contributed by atoms with van der Waals surface area (Å²) in [6.45, 7) is 2.15. The van der Waals surface area contributed by atoms with Crippen LogP contribution in [0.2, 0.25) is 0 Å². The molecule has 8 heteroatoms. The molecule has 0 radical (unpaired) electrons. The number of nitrogens with two attached hydrogens (primary N) is 1. The summed E-state index contributed by atoms with van der Waals surface area (Å²) >= 11 is 0. The van der Waals surface area contributed by atoms with Gasteiger partial charge in [0, 0.05) is 12.0 Å². The Morgan fingerprint density at radius 2 is 1.97 bits per heavy atom. The predicted octanol–water partition coefficient (Wildman–Crippen LogP) is 1.80. The molecule has 32 heavy (non-hydrogen) atoms. The number of carbonyl (C=O) groups excluding carboxylic acids is 2. The molecule has 0 bridgehead atoms. The smallest absolute Gasteiger partial charge is 0.250 e. The molecule has 1 amide bonds. The van der Waals surface area contributed by atoms with Crippen LogP contribution in [0.4, 0.5) is 0 Å². The van der Waals surface area contributed by atoms with E-state index >= 15 is 0 Å². The van der Waals surface area contributed by atoms with Crippen molar-refractivity contribution in [2.45, 2.75) is 44.6 Å². The van der Waals surface area contributed by atoms with Crippen molar-refractivity contribution in [2.75, 3.05) is 13.6 Å². The Morgan fingerprint density at radius 1 is 1.25 bits per heavy atom. The number of fused-ring (bicyclic) bond motifs is 3. The second-order valence-electron chi connectivity index (χ2n) is 9.34. The normalized spacial score (nSPS) is 29.5. The van der Waals surface area contributed by atoms with Gasteiger partial charge >= 0.3 is 0 Å². The van der Waals surface area contributed by atoms with Crippen molar-refractivity contribution in [2.24, 2.45) is 23.5 Å². The van der Waals surface area contributed by atoms with Gasteiger partial charge in [0.1, 0.15) is 22.9 Å². The average molecular weight is 443 g/mol. The first-order valence-corrected chi connectivity index (χ1v) is 11.0. The quantitative estimate of drug-likeness (QED) is 0.380. The summed E-state index contributed by atoms with van der Waals surface area (Å²) in [5.74, 6) is -3.70. The molecule has 7 N–H and O–H groups in total. The highest BCUT2D eigenvalue weighted by molar-refractivity contribution is 6.13. The van der Waals surface area contributed by atoms with Gasteiger partial charge in [-0.2, -0.15) is 0 Å². The number of phenolic OH excluding ortho intramolecular Hbond substituents is 1. The number of aryl methyl sites for hydroxylation is 1. The Hall–Kier alpha value is -2.84. The largest absolute Gasteiger partial charge is 0.512 e. The van der Waals surface area contributed by atoms with E-state index in [0.717, 1.165) is 30.5 Å². The number of allylic oxidation sites excluding steroid dienone is 2. The number of amides is 1. The van der Waals surface area contributed by atoms with E-state index in [4.69, 9.17) is 5.73 Å². The SMILES string of the molecule is CNCCCc1ccc(O)c2c1CC1CC3CC(O)=C(C(N)=O)C(C)(O)C3C(O)=C1C2=O. The molecule has 0 aromatic heterocycles. The van der Waals surface area contributed by atoms with Gasteiger partial charge in [-0.25, -0.2) is 0 Å². The fourth-order valence-corrected chi connectivity index (χ4v) is 6.06. The summed E-state index contributed by atoms with van der Waals surface area (Å²) in [7, 11) is 1.88. The summed E-state index contributed by atoms with van der Waals surface area (Å²) in [6, 6.07) is 3.36.